The first kappa shape index (κ1) is 12.0. The third kappa shape index (κ3) is 1.74. The van der Waals surface area contributed by atoms with Crippen molar-refractivity contribution in [3.05, 3.63) is 29.8 Å². The lowest BCUT2D eigenvalue weighted by molar-refractivity contribution is -0.0879. The number of para-hydroxylation sites is 1. The number of aliphatic hydroxyl groups is 1. The monoisotopic (exact) mass is 246 g/mol. The smallest absolute Gasteiger partial charge is 0.125 e. The molecule has 1 saturated carbocycles. The van der Waals surface area contributed by atoms with Gasteiger partial charge in [0.25, 0.3) is 0 Å². The number of aliphatic hydroxyl groups excluding tert-OH is 1. The van der Waals surface area contributed by atoms with Crippen molar-refractivity contribution in [2.75, 3.05) is 0 Å². The minimum absolute atomic E-state index is 0.147. The number of ether oxygens (including phenoxy) is 1. The number of fused-ring (bicyclic) bond motifs is 1. The van der Waals surface area contributed by atoms with E-state index >= 15 is 0 Å². The van der Waals surface area contributed by atoms with Crippen LogP contribution in [0.15, 0.2) is 24.3 Å². The van der Waals surface area contributed by atoms with Gasteiger partial charge >= 0.3 is 0 Å². The van der Waals surface area contributed by atoms with Gasteiger partial charge in [0.05, 0.1) is 6.10 Å². The SMILES string of the molecule is CC1CCCC2(CC(O)c3ccccc3O2)C1C. The van der Waals surface area contributed by atoms with E-state index < -0.39 is 0 Å². The molecule has 4 atom stereocenters. The van der Waals surface area contributed by atoms with E-state index in [-0.39, 0.29) is 11.7 Å². The fourth-order valence-electron chi connectivity index (χ4n) is 3.70. The highest BCUT2D eigenvalue weighted by atomic mass is 16.5. The molecule has 1 spiro atoms. The average Bonchev–Trinajstić information content (AvgIpc) is 2.36. The van der Waals surface area contributed by atoms with Gasteiger partial charge in [-0.25, -0.2) is 0 Å². The molecule has 1 aromatic rings. The third-order valence-corrected chi connectivity index (χ3v) is 5.07. The molecule has 18 heavy (non-hydrogen) atoms. The average molecular weight is 246 g/mol. The molecule has 1 aliphatic carbocycles. The Balaban J connectivity index is 1.97. The topological polar surface area (TPSA) is 29.5 Å². The molecule has 1 N–H and O–H groups in total. The Bertz CT molecular complexity index is 442. The Kier molecular flexibility index (Phi) is 2.86. The lowest BCUT2D eigenvalue weighted by Gasteiger charge is -2.49. The number of rotatable bonds is 0. The van der Waals surface area contributed by atoms with E-state index in [1.54, 1.807) is 0 Å². The van der Waals surface area contributed by atoms with Crippen molar-refractivity contribution in [1.29, 1.82) is 0 Å². The molecule has 98 valence electrons. The van der Waals surface area contributed by atoms with Gasteiger partial charge in [-0.1, -0.05) is 38.5 Å². The quantitative estimate of drug-likeness (QED) is 0.756. The van der Waals surface area contributed by atoms with Crippen molar-refractivity contribution < 1.29 is 9.84 Å². The molecule has 1 fully saturated rings. The summed E-state index contributed by atoms with van der Waals surface area (Å²) >= 11 is 0. The molecule has 2 aliphatic rings. The van der Waals surface area contributed by atoms with Crippen LogP contribution >= 0.6 is 0 Å². The summed E-state index contributed by atoms with van der Waals surface area (Å²) in [5, 5.41) is 10.4. The molecular weight excluding hydrogens is 224 g/mol. The lowest BCUT2D eigenvalue weighted by atomic mass is 9.67. The summed E-state index contributed by atoms with van der Waals surface area (Å²) in [6.45, 7) is 4.59. The molecule has 0 bridgehead atoms. The maximum absolute atomic E-state index is 10.4. The fraction of sp³-hybridized carbons (Fsp3) is 0.625. The zero-order chi connectivity index (χ0) is 12.8. The number of benzene rings is 1. The summed E-state index contributed by atoms with van der Waals surface area (Å²) in [5.74, 6) is 2.07. The molecule has 0 aromatic heterocycles. The van der Waals surface area contributed by atoms with Crippen LogP contribution in [0.25, 0.3) is 0 Å². The van der Waals surface area contributed by atoms with Crippen molar-refractivity contribution in [2.45, 2.75) is 51.2 Å². The van der Waals surface area contributed by atoms with Gasteiger partial charge in [0, 0.05) is 12.0 Å². The van der Waals surface area contributed by atoms with Gasteiger partial charge in [-0.05, 0) is 30.7 Å². The Morgan fingerprint density at radius 1 is 1.28 bits per heavy atom. The second-order valence-corrected chi connectivity index (χ2v) is 6.08. The van der Waals surface area contributed by atoms with Crippen LogP contribution in [0.4, 0.5) is 0 Å². The van der Waals surface area contributed by atoms with Crippen LogP contribution in [-0.2, 0) is 0 Å². The largest absolute Gasteiger partial charge is 0.486 e. The maximum atomic E-state index is 10.4. The van der Waals surface area contributed by atoms with Gasteiger partial charge in [-0.15, -0.1) is 0 Å². The highest BCUT2D eigenvalue weighted by Gasteiger charge is 2.47. The van der Waals surface area contributed by atoms with Crippen LogP contribution in [0.5, 0.6) is 5.75 Å². The van der Waals surface area contributed by atoms with Crippen LogP contribution in [0, 0.1) is 11.8 Å². The van der Waals surface area contributed by atoms with E-state index in [1.165, 1.54) is 12.8 Å². The van der Waals surface area contributed by atoms with Crippen LogP contribution in [0.3, 0.4) is 0 Å². The first-order valence-corrected chi connectivity index (χ1v) is 7.08. The molecular formula is C16H22O2. The van der Waals surface area contributed by atoms with E-state index in [4.69, 9.17) is 4.74 Å². The standard InChI is InChI=1S/C16H22O2/c1-11-6-5-9-16(12(11)2)10-14(17)13-7-3-4-8-15(13)18-16/h3-4,7-8,11-12,14,17H,5-6,9-10H2,1-2H3. The summed E-state index contributed by atoms with van der Waals surface area (Å²) in [6.07, 6.45) is 3.94. The van der Waals surface area contributed by atoms with E-state index in [1.807, 2.05) is 24.3 Å². The minimum Gasteiger partial charge on any atom is -0.486 e. The normalized spacial score (nSPS) is 39.2. The van der Waals surface area contributed by atoms with Crippen LogP contribution < -0.4 is 4.74 Å². The molecule has 0 saturated heterocycles. The first-order chi connectivity index (χ1) is 8.62. The van der Waals surface area contributed by atoms with Crippen LogP contribution in [0.2, 0.25) is 0 Å². The molecule has 1 aromatic carbocycles. The van der Waals surface area contributed by atoms with Crippen molar-refractivity contribution in [3.63, 3.8) is 0 Å². The molecule has 4 unspecified atom stereocenters. The predicted octanol–water partition coefficient (Wildman–Crippen LogP) is 3.70. The number of hydrogen-bond acceptors (Lipinski definition) is 2. The summed E-state index contributed by atoms with van der Waals surface area (Å²) in [5.41, 5.74) is 0.805. The zero-order valence-electron chi connectivity index (χ0n) is 11.2. The highest BCUT2D eigenvalue weighted by Crippen LogP contribution is 2.49. The Morgan fingerprint density at radius 2 is 2.06 bits per heavy atom. The fourth-order valence-corrected chi connectivity index (χ4v) is 3.70. The molecule has 3 rings (SSSR count). The van der Waals surface area contributed by atoms with E-state index in [0.29, 0.717) is 11.8 Å². The maximum Gasteiger partial charge on any atom is 0.125 e. The summed E-state index contributed by atoms with van der Waals surface area (Å²) in [6, 6.07) is 7.92. The Labute approximate surface area is 109 Å². The Morgan fingerprint density at radius 3 is 2.89 bits per heavy atom. The van der Waals surface area contributed by atoms with Crippen molar-refractivity contribution in [1.82, 2.24) is 0 Å². The summed E-state index contributed by atoms with van der Waals surface area (Å²) in [4.78, 5) is 0. The zero-order valence-corrected chi connectivity index (χ0v) is 11.2. The molecule has 2 heteroatoms. The minimum atomic E-state index is -0.373. The molecule has 0 radical (unpaired) electrons. The predicted molar refractivity (Wildman–Crippen MR) is 71.6 cm³/mol. The molecule has 2 nitrogen and oxygen atoms in total. The van der Waals surface area contributed by atoms with Crippen molar-refractivity contribution in [3.8, 4) is 5.75 Å². The molecule has 1 aliphatic heterocycles. The number of hydrogen-bond donors (Lipinski definition) is 1. The third-order valence-electron chi connectivity index (χ3n) is 5.07. The summed E-state index contributed by atoms with van der Waals surface area (Å²) in [7, 11) is 0. The highest BCUT2D eigenvalue weighted by molar-refractivity contribution is 5.38. The first-order valence-electron chi connectivity index (χ1n) is 7.08. The van der Waals surface area contributed by atoms with Crippen molar-refractivity contribution in [2.24, 2.45) is 11.8 Å². The lowest BCUT2D eigenvalue weighted by Crippen LogP contribution is -2.50. The van der Waals surface area contributed by atoms with Crippen molar-refractivity contribution >= 4 is 0 Å². The van der Waals surface area contributed by atoms with E-state index in [9.17, 15) is 5.11 Å². The van der Waals surface area contributed by atoms with E-state index in [2.05, 4.69) is 13.8 Å². The van der Waals surface area contributed by atoms with Crippen LogP contribution in [0.1, 0.15) is 51.2 Å². The molecule has 1 heterocycles. The van der Waals surface area contributed by atoms with E-state index in [0.717, 1.165) is 24.2 Å². The molecule has 0 amide bonds. The second kappa shape index (κ2) is 4.27. The van der Waals surface area contributed by atoms with Crippen LogP contribution in [-0.4, -0.2) is 10.7 Å². The summed E-state index contributed by atoms with van der Waals surface area (Å²) < 4.78 is 6.35. The van der Waals surface area contributed by atoms with Gasteiger partial charge < -0.3 is 9.84 Å². The van der Waals surface area contributed by atoms with Gasteiger partial charge in [0.15, 0.2) is 0 Å². The van der Waals surface area contributed by atoms with Gasteiger partial charge in [-0.2, -0.15) is 0 Å². The second-order valence-electron chi connectivity index (χ2n) is 6.08. The Hall–Kier alpha value is -1.02. The van der Waals surface area contributed by atoms with Gasteiger partial charge in [0.2, 0.25) is 0 Å². The van der Waals surface area contributed by atoms with Gasteiger partial charge in [-0.3, -0.25) is 0 Å². The van der Waals surface area contributed by atoms with Gasteiger partial charge in [0.1, 0.15) is 11.4 Å².